The van der Waals surface area contributed by atoms with Crippen molar-refractivity contribution < 1.29 is 26.7 Å². The summed E-state index contributed by atoms with van der Waals surface area (Å²) in [6.07, 6.45) is 1.62. The molecule has 1 aliphatic heterocycles. The Morgan fingerprint density at radius 1 is 1.26 bits per heavy atom. The SMILES string of the molecule is CC1Cc2cc(C(=O)Nc3ccccc3OC(F)F)ccc2N1S(C)(=O)=O. The summed E-state index contributed by atoms with van der Waals surface area (Å²) in [5.74, 6) is -0.646. The Hall–Kier alpha value is -2.68. The number of nitrogens with one attached hydrogen (secondary N) is 1. The van der Waals surface area contributed by atoms with E-state index in [0.717, 1.165) is 11.8 Å². The molecule has 144 valence electrons. The van der Waals surface area contributed by atoms with E-state index in [1.54, 1.807) is 25.1 Å². The largest absolute Gasteiger partial charge is 0.433 e. The molecule has 3 rings (SSSR count). The normalized spacial score (nSPS) is 16.3. The van der Waals surface area contributed by atoms with E-state index >= 15 is 0 Å². The summed E-state index contributed by atoms with van der Waals surface area (Å²) in [5.41, 5.74) is 1.69. The molecule has 0 fully saturated rings. The van der Waals surface area contributed by atoms with Crippen LogP contribution in [0, 0.1) is 0 Å². The molecular weight excluding hydrogens is 378 g/mol. The second-order valence-corrected chi connectivity index (χ2v) is 8.14. The fourth-order valence-corrected chi connectivity index (χ4v) is 4.48. The molecule has 27 heavy (non-hydrogen) atoms. The van der Waals surface area contributed by atoms with Gasteiger partial charge in [-0.25, -0.2) is 8.42 Å². The monoisotopic (exact) mass is 396 g/mol. The van der Waals surface area contributed by atoms with Crippen LogP contribution in [0.1, 0.15) is 22.8 Å². The number of hydrogen-bond acceptors (Lipinski definition) is 4. The first-order valence-electron chi connectivity index (χ1n) is 8.14. The first kappa shape index (κ1) is 19.1. The third-order valence-electron chi connectivity index (χ3n) is 4.20. The number of fused-ring (bicyclic) bond motifs is 1. The zero-order valence-electron chi connectivity index (χ0n) is 14.6. The first-order valence-corrected chi connectivity index (χ1v) is 9.99. The number of amides is 1. The second kappa shape index (κ2) is 7.15. The van der Waals surface area contributed by atoms with Gasteiger partial charge < -0.3 is 10.1 Å². The Balaban J connectivity index is 1.85. The predicted molar refractivity (Wildman–Crippen MR) is 98.0 cm³/mol. The summed E-state index contributed by atoms with van der Waals surface area (Å²) < 4.78 is 54.6. The van der Waals surface area contributed by atoms with Gasteiger partial charge in [0.2, 0.25) is 10.0 Å². The first-order chi connectivity index (χ1) is 12.7. The minimum atomic E-state index is -3.42. The van der Waals surface area contributed by atoms with Gasteiger partial charge in [-0.15, -0.1) is 0 Å². The summed E-state index contributed by atoms with van der Waals surface area (Å²) in [5, 5.41) is 2.55. The average Bonchev–Trinajstić information content (AvgIpc) is 2.91. The number of carbonyl (C=O) groups excluding carboxylic acids is 1. The molecule has 6 nitrogen and oxygen atoms in total. The van der Waals surface area contributed by atoms with Crippen molar-refractivity contribution in [2.45, 2.75) is 26.0 Å². The van der Waals surface area contributed by atoms with Gasteiger partial charge in [0.05, 0.1) is 17.6 Å². The molecule has 0 bridgehead atoms. The van der Waals surface area contributed by atoms with E-state index in [0.29, 0.717) is 17.7 Å². The number of ether oxygens (including phenoxy) is 1. The van der Waals surface area contributed by atoms with E-state index in [9.17, 15) is 22.0 Å². The molecule has 1 aliphatic rings. The summed E-state index contributed by atoms with van der Waals surface area (Å²) in [7, 11) is -3.42. The fraction of sp³-hybridized carbons (Fsp3) is 0.278. The van der Waals surface area contributed by atoms with Crippen LogP contribution < -0.4 is 14.4 Å². The van der Waals surface area contributed by atoms with Crippen molar-refractivity contribution in [3.63, 3.8) is 0 Å². The third kappa shape index (κ3) is 4.02. The van der Waals surface area contributed by atoms with E-state index in [2.05, 4.69) is 10.1 Å². The van der Waals surface area contributed by atoms with Gasteiger partial charge >= 0.3 is 6.61 Å². The summed E-state index contributed by atoms with van der Waals surface area (Å²) >= 11 is 0. The Bertz CT molecular complexity index is 979. The molecule has 1 amide bonds. The van der Waals surface area contributed by atoms with E-state index in [4.69, 9.17) is 0 Å². The zero-order chi connectivity index (χ0) is 19.8. The van der Waals surface area contributed by atoms with Crippen LogP contribution in [0.5, 0.6) is 5.75 Å². The van der Waals surface area contributed by atoms with Gasteiger partial charge in [0.25, 0.3) is 5.91 Å². The Kier molecular flexibility index (Phi) is 5.05. The number of para-hydroxylation sites is 2. The molecule has 1 heterocycles. The predicted octanol–water partition coefficient (Wildman–Crippen LogP) is 3.25. The highest BCUT2D eigenvalue weighted by molar-refractivity contribution is 7.92. The fourth-order valence-electron chi connectivity index (χ4n) is 3.21. The molecule has 0 aliphatic carbocycles. The maximum atomic E-state index is 12.5. The smallest absolute Gasteiger partial charge is 0.387 e. The highest BCUT2D eigenvalue weighted by Crippen LogP contribution is 2.35. The van der Waals surface area contributed by atoms with Gasteiger partial charge in [-0.05, 0) is 49.2 Å². The van der Waals surface area contributed by atoms with Crippen molar-refractivity contribution in [3.05, 3.63) is 53.6 Å². The maximum absolute atomic E-state index is 12.5. The number of hydrogen-bond donors (Lipinski definition) is 1. The quantitative estimate of drug-likeness (QED) is 0.842. The maximum Gasteiger partial charge on any atom is 0.387 e. The van der Waals surface area contributed by atoms with Crippen LogP contribution in [0.25, 0.3) is 0 Å². The Morgan fingerprint density at radius 2 is 1.96 bits per heavy atom. The standard InChI is InChI=1S/C18H18F2N2O4S/c1-11-9-13-10-12(7-8-15(13)22(11)27(2,24)25)17(23)21-14-5-3-4-6-16(14)26-18(19)20/h3-8,10-11,18H,9H2,1-2H3,(H,21,23). The molecule has 0 radical (unpaired) electrons. The van der Waals surface area contributed by atoms with Gasteiger partial charge in [0, 0.05) is 11.6 Å². The number of carbonyl (C=O) groups is 1. The van der Waals surface area contributed by atoms with Crippen molar-refractivity contribution in [1.29, 1.82) is 0 Å². The van der Waals surface area contributed by atoms with Crippen LogP contribution in [0.4, 0.5) is 20.2 Å². The lowest BCUT2D eigenvalue weighted by Crippen LogP contribution is -2.34. The molecule has 0 saturated heterocycles. The number of nitrogens with zero attached hydrogens (tertiary/aromatic N) is 1. The van der Waals surface area contributed by atoms with Gasteiger partial charge in [-0.3, -0.25) is 9.10 Å². The summed E-state index contributed by atoms with van der Waals surface area (Å²) in [6.45, 7) is -1.22. The number of sulfonamides is 1. The summed E-state index contributed by atoms with van der Waals surface area (Å²) in [4.78, 5) is 12.5. The van der Waals surface area contributed by atoms with Crippen LogP contribution in [0.3, 0.4) is 0 Å². The third-order valence-corrected chi connectivity index (χ3v) is 5.47. The molecule has 9 heteroatoms. The highest BCUT2D eigenvalue weighted by atomic mass is 32.2. The lowest BCUT2D eigenvalue weighted by atomic mass is 10.1. The van der Waals surface area contributed by atoms with Crippen molar-refractivity contribution in [2.75, 3.05) is 15.9 Å². The van der Waals surface area contributed by atoms with Crippen LogP contribution in [-0.2, 0) is 16.4 Å². The highest BCUT2D eigenvalue weighted by Gasteiger charge is 2.32. The number of rotatable bonds is 5. The number of halogens is 2. The second-order valence-electron chi connectivity index (χ2n) is 6.28. The van der Waals surface area contributed by atoms with Crippen molar-refractivity contribution in [2.24, 2.45) is 0 Å². The number of anilines is 2. The van der Waals surface area contributed by atoms with Crippen LogP contribution >= 0.6 is 0 Å². The molecule has 2 aromatic rings. The van der Waals surface area contributed by atoms with Gasteiger partial charge in [0.15, 0.2) is 0 Å². The molecular formula is C18H18F2N2O4S. The van der Waals surface area contributed by atoms with E-state index in [1.165, 1.54) is 28.6 Å². The minimum Gasteiger partial charge on any atom is -0.433 e. The van der Waals surface area contributed by atoms with E-state index in [1.807, 2.05) is 0 Å². The number of benzene rings is 2. The van der Waals surface area contributed by atoms with Crippen molar-refractivity contribution in [3.8, 4) is 5.75 Å². The Labute approximate surface area is 155 Å². The zero-order valence-corrected chi connectivity index (χ0v) is 15.5. The molecule has 0 saturated carbocycles. The molecule has 1 N–H and O–H groups in total. The molecule has 2 aromatic carbocycles. The van der Waals surface area contributed by atoms with E-state index in [-0.39, 0.29) is 17.5 Å². The lowest BCUT2D eigenvalue weighted by molar-refractivity contribution is -0.0493. The van der Waals surface area contributed by atoms with Gasteiger partial charge in [-0.1, -0.05) is 12.1 Å². The van der Waals surface area contributed by atoms with Gasteiger partial charge in [-0.2, -0.15) is 8.78 Å². The molecule has 0 spiro atoms. The Morgan fingerprint density at radius 3 is 2.63 bits per heavy atom. The molecule has 0 aromatic heterocycles. The average molecular weight is 396 g/mol. The number of alkyl halides is 2. The van der Waals surface area contributed by atoms with Crippen LogP contribution in [0.15, 0.2) is 42.5 Å². The van der Waals surface area contributed by atoms with E-state index < -0.39 is 22.5 Å². The van der Waals surface area contributed by atoms with Crippen molar-refractivity contribution in [1.82, 2.24) is 0 Å². The molecule has 1 atom stereocenters. The van der Waals surface area contributed by atoms with Gasteiger partial charge in [0.1, 0.15) is 5.75 Å². The minimum absolute atomic E-state index is 0.120. The van der Waals surface area contributed by atoms with Crippen LogP contribution in [-0.4, -0.2) is 33.2 Å². The topological polar surface area (TPSA) is 75.7 Å². The van der Waals surface area contributed by atoms with Crippen LogP contribution in [0.2, 0.25) is 0 Å². The lowest BCUT2D eigenvalue weighted by Gasteiger charge is -2.21. The molecule has 1 unspecified atom stereocenters. The summed E-state index contributed by atoms with van der Waals surface area (Å²) in [6, 6.07) is 10.3. The van der Waals surface area contributed by atoms with Crippen molar-refractivity contribution >= 4 is 27.3 Å².